The average molecular weight is 258 g/mol. The van der Waals surface area contributed by atoms with Crippen LogP contribution in [0.3, 0.4) is 0 Å². The summed E-state index contributed by atoms with van der Waals surface area (Å²) in [5, 5.41) is 9.05. The van der Waals surface area contributed by atoms with Crippen molar-refractivity contribution in [2.45, 2.75) is 32.7 Å². The fourth-order valence-electron chi connectivity index (χ4n) is 2.16. The first-order valence-corrected chi connectivity index (χ1v) is 6.48. The number of carbonyl (C=O) groups is 1. The van der Waals surface area contributed by atoms with E-state index in [1.165, 1.54) is 11.8 Å². The van der Waals surface area contributed by atoms with Crippen molar-refractivity contribution in [2.75, 3.05) is 0 Å². The summed E-state index contributed by atoms with van der Waals surface area (Å²) in [7, 11) is 0. The van der Waals surface area contributed by atoms with E-state index < -0.39 is 5.97 Å². The van der Waals surface area contributed by atoms with Gasteiger partial charge in [0, 0.05) is 6.54 Å². The van der Waals surface area contributed by atoms with E-state index in [4.69, 9.17) is 5.11 Å². The number of imidazole rings is 1. The lowest BCUT2D eigenvalue weighted by atomic mass is 10.1. The molecule has 0 saturated heterocycles. The monoisotopic (exact) mass is 258 g/mol. The van der Waals surface area contributed by atoms with Crippen LogP contribution in [0.25, 0.3) is 0 Å². The highest BCUT2D eigenvalue weighted by Crippen LogP contribution is 2.09. The highest BCUT2D eigenvalue weighted by atomic mass is 16.4. The summed E-state index contributed by atoms with van der Waals surface area (Å²) in [5.41, 5.74) is 1.60. The molecule has 0 saturated carbocycles. The molecule has 100 valence electrons. The summed E-state index contributed by atoms with van der Waals surface area (Å²) >= 11 is 0. The van der Waals surface area contributed by atoms with E-state index in [9.17, 15) is 4.79 Å². The van der Waals surface area contributed by atoms with Crippen LogP contribution in [-0.4, -0.2) is 20.6 Å². The van der Waals surface area contributed by atoms with E-state index >= 15 is 0 Å². The molecule has 0 aliphatic rings. The normalized spacial score (nSPS) is 10.6. The molecule has 0 radical (unpaired) electrons. The zero-order valence-electron chi connectivity index (χ0n) is 11.0. The summed E-state index contributed by atoms with van der Waals surface area (Å²) in [6.45, 7) is 2.55. The molecule has 0 spiro atoms. The van der Waals surface area contributed by atoms with Gasteiger partial charge in [-0.2, -0.15) is 0 Å². The minimum absolute atomic E-state index is 0.275. The summed E-state index contributed by atoms with van der Waals surface area (Å²) in [5.74, 6) is -0.152. The number of rotatable bonds is 6. The van der Waals surface area contributed by atoms with Crippen LogP contribution in [0.5, 0.6) is 0 Å². The summed E-state index contributed by atoms with van der Waals surface area (Å²) in [6, 6.07) is 10.3. The lowest BCUT2D eigenvalue weighted by Gasteiger charge is -2.07. The Labute approximate surface area is 112 Å². The van der Waals surface area contributed by atoms with Gasteiger partial charge >= 0.3 is 5.97 Å². The number of unbranched alkanes of at least 4 members (excludes halogenated alkanes) is 1. The third-order valence-corrected chi connectivity index (χ3v) is 3.21. The van der Waals surface area contributed by atoms with Crippen molar-refractivity contribution in [3.63, 3.8) is 0 Å². The third-order valence-electron chi connectivity index (χ3n) is 3.21. The summed E-state index contributed by atoms with van der Waals surface area (Å²) in [4.78, 5) is 15.1. The summed E-state index contributed by atoms with van der Waals surface area (Å²) < 4.78 is 1.77. The smallest absolute Gasteiger partial charge is 0.354 e. The number of aromatic nitrogens is 2. The molecule has 0 bridgehead atoms. The van der Waals surface area contributed by atoms with Crippen LogP contribution in [0.4, 0.5) is 0 Å². The van der Waals surface area contributed by atoms with Crippen LogP contribution in [0.2, 0.25) is 0 Å². The Kier molecular flexibility index (Phi) is 4.34. The highest BCUT2D eigenvalue weighted by Gasteiger charge is 2.12. The lowest BCUT2D eigenvalue weighted by Crippen LogP contribution is -2.10. The quantitative estimate of drug-likeness (QED) is 0.810. The molecule has 1 aromatic carbocycles. The Bertz CT molecular complexity index is 547. The van der Waals surface area contributed by atoms with E-state index in [-0.39, 0.29) is 5.69 Å². The van der Waals surface area contributed by atoms with E-state index in [2.05, 4.69) is 17.1 Å². The van der Waals surface area contributed by atoms with Crippen molar-refractivity contribution < 1.29 is 9.90 Å². The molecule has 1 N–H and O–H groups in total. The van der Waals surface area contributed by atoms with Gasteiger partial charge in [-0.3, -0.25) is 0 Å². The number of hydrogen-bond donors (Lipinski definition) is 1. The first-order chi connectivity index (χ1) is 9.18. The number of aryl methyl sites for hydroxylation is 2. The predicted octanol–water partition coefficient (Wildman–Crippen LogP) is 2.91. The van der Waals surface area contributed by atoms with Gasteiger partial charge < -0.3 is 9.67 Å². The van der Waals surface area contributed by atoms with Gasteiger partial charge in [-0.15, -0.1) is 0 Å². The van der Waals surface area contributed by atoms with Crippen LogP contribution in [0, 0.1) is 6.92 Å². The zero-order valence-corrected chi connectivity index (χ0v) is 11.0. The molecule has 0 unspecified atom stereocenters. The Morgan fingerprint density at radius 2 is 2.00 bits per heavy atom. The first-order valence-electron chi connectivity index (χ1n) is 6.48. The topological polar surface area (TPSA) is 55.1 Å². The van der Waals surface area contributed by atoms with Crippen LogP contribution >= 0.6 is 0 Å². The second-order valence-electron chi connectivity index (χ2n) is 4.59. The summed E-state index contributed by atoms with van der Waals surface area (Å²) in [6.07, 6.45) is 4.44. The van der Waals surface area contributed by atoms with Crippen molar-refractivity contribution in [1.82, 2.24) is 9.55 Å². The van der Waals surface area contributed by atoms with Gasteiger partial charge in [0.15, 0.2) is 0 Å². The van der Waals surface area contributed by atoms with Gasteiger partial charge in [0.05, 0.1) is 6.20 Å². The maximum Gasteiger partial charge on any atom is 0.354 e. The van der Waals surface area contributed by atoms with E-state index in [1.54, 1.807) is 4.57 Å². The van der Waals surface area contributed by atoms with Crippen LogP contribution in [-0.2, 0) is 13.0 Å². The second kappa shape index (κ2) is 6.18. The zero-order chi connectivity index (χ0) is 13.7. The lowest BCUT2D eigenvalue weighted by molar-refractivity contribution is 0.0684. The van der Waals surface area contributed by atoms with Crippen molar-refractivity contribution in [3.8, 4) is 0 Å². The van der Waals surface area contributed by atoms with Crippen molar-refractivity contribution >= 4 is 5.97 Å². The Hall–Kier alpha value is -2.10. The molecule has 0 amide bonds. The van der Waals surface area contributed by atoms with E-state index in [1.807, 2.05) is 25.1 Å². The largest absolute Gasteiger partial charge is 0.477 e. The van der Waals surface area contributed by atoms with Crippen LogP contribution in [0.1, 0.15) is 34.7 Å². The fourth-order valence-corrected chi connectivity index (χ4v) is 2.16. The van der Waals surface area contributed by atoms with Gasteiger partial charge in [0.25, 0.3) is 0 Å². The molecular formula is C15H18N2O2. The number of aromatic carboxylic acids is 1. The molecule has 1 aromatic heterocycles. The number of nitrogens with zero attached hydrogens (tertiary/aromatic N) is 2. The molecular weight excluding hydrogens is 240 g/mol. The molecule has 0 atom stereocenters. The Balaban J connectivity index is 1.86. The predicted molar refractivity (Wildman–Crippen MR) is 73.3 cm³/mol. The van der Waals surface area contributed by atoms with Gasteiger partial charge in [-0.1, -0.05) is 30.3 Å². The second-order valence-corrected chi connectivity index (χ2v) is 4.59. The van der Waals surface area contributed by atoms with E-state index in [0.717, 1.165) is 25.1 Å². The van der Waals surface area contributed by atoms with Crippen molar-refractivity contribution in [1.29, 1.82) is 0 Å². The van der Waals surface area contributed by atoms with E-state index in [0.29, 0.717) is 6.54 Å². The van der Waals surface area contributed by atoms with Crippen molar-refractivity contribution in [3.05, 3.63) is 53.6 Å². The molecule has 2 aromatic rings. The average Bonchev–Trinajstić information content (AvgIpc) is 2.77. The molecule has 1 heterocycles. The fraction of sp³-hybridized carbons (Fsp3) is 0.333. The molecule has 0 aliphatic heterocycles. The molecule has 4 nitrogen and oxygen atoms in total. The van der Waals surface area contributed by atoms with Crippen molar-refractivity contribution in [2.24, 2.45) is 0 Å². The van der Waals surface area contributed by atoms with Crippen LogP contribution < -0.4 is 0 Å². The Morgan fingerprint density at radius 1 is 1.26 bits per heavy atom. The maximum absolute atomic E-state index is 11.0. The van der Waals surface area contributed by atoms with Gasteiger partial charge in [0.1, 0.15) is 11.5 Å². The minimum Gasteiger partial charge on any atom is -0.477 e. The Morgan fingerprint density at radius 3 is 2.68 bits per heavy atom. The molecule has 2 rings (SSSR count). The third kappa shape index (κ3) is 3.44. The molecule has 19 heavy (non-hydrogen) atoms. The molecule has 0 aliphatic carbocycles. The van der Waals surface area contributed by atoms with Gasteiger partial charge in [0.2, 0.25) is 0 Å². The maximum atomic E-state index is 11.0. The number of hydrogen-bond acceptors (Lipinski definition) is 2. The van der Waals surface area contributed by atoms with Crippen LogP contribution in [0.15, 0.2) is 36.5 Å². The minimum atomic E-state index is -0.913. The highest BCUT2D eigenvalue weighted by molar-refractivity contribution is 5.85. The number of benzene rings is 1. The first kappa shape index (κ1) is 13.3. The number of carboxylic acid groups (broad SMARTS) is 1. The van der Waals surface area contributed by atoms with Gasteiger partial charge in [-0.25, -0.2) is 9.78 Å². The molecule has 0 fully saturated rings. The standard InChI is InChI=1S/C15H18N2O2/c1-12-16-11-14(15(18)19)17(12)10-6-5-9-13-7-3-2-4-8-13/h2-4,7-8,11H,5-6,9-10H2,1H3,(H,18,19). The SMILES string of the molecule is Cc1ncc(C(=O)O)n1CCCCc1ccccc1. The number of carboxylic acids is 1. The molecule has 4 heteroatoms. The van der Waals surface area contributed by atoms with Gasteiger partial charge in [-0.05, 0) is 31.7 Å².